The van der Waals surface area contributed by atoms with Crippen molar-refractivity contribution in [3.8, 4) is 0 Å². The average molecular weight is 278 g/mol. The molecule has 1 spiro atoms. The lowest BCUT2D eigenvalue weighted by Crippen LogP contribution is -2.40. The first-order valence-corrected chi connectivity index (χ1v) is 7.94. The molecule has 1 N–H and O–H groups in total. The van der Waals surface area contributed by atoms with Crippen molar-refractivity contribution in [3.63, 3.8) is 0 Å². The van der Waals surface area contributed by atoms with Gasteiger partial charge in [-0.3, -0.25) is 4.99 Å². The zero-order valence-electron chi connectivity index (χ0n) is 11.0. The summed E-state index contributed by atoms with van der Waals surface area (Å²) in [5.74, 6) is 0.995. The molecule has 1 aliphatic carbocycles. The Balaban J connectivity index is 1.53. The second kappa shape index (κ2) is 5.53. The first-order chi connectivity index (χ1) is 9.26. The smallest absolute Gasteiger partial charge is 0.157 e. The molecule has 1 heterocycles. The molecule has 1 saturated carbocycles. The standard InChI is InChI=1S/C15H19FN2S/c16-13-5-3-4-12(10-13)6-9-17-14-18-15(11-19-14)7-1-2-8-15/h3-5,10H,1-2,6-9,11H2,(H,17,18). The van der Waals surface area contributed by atoms with E-state index in [0.29, 0.717) is 5.54 Å². The molecule has 3 rings (SSSR count). The van der Waals surface area contributed by atoms with Crippen LogP contribution in [0.5, 0.6) is 0 Å². The van der Waals surface area contributed by atoms with Crippen LogP contribution < -0.4 is 5.32 Å². The maximum atomic E-state index is 13.0. The summed E-state index contributed by atoms with van der Waals surface area (Å²) in [6, 6.07) is 6.78. The monoisotopic (exact) mass is 278 g/mol. The summed E-state index contributed by atoms with van der Waals surface area (Å²) in [6.07, 6.45) is 6.04. The van der Waals surface area contributed by atoms with Crippen molar-refractivity contribution in [3.05, 3.63) is 35.6 Å². The third-order valence-corrected chi connectivity index (χ3v) is 5.16. The van der Waals surface area contributed by atoms with E-state index < -0.39 is 0 Å². The summed E-state index contributed by atoms with van der Waals surface area (Å²) in [7, 11) is 0. The van der Waals surface area contributed by atoms with Crippen molar-refractivity contribution in [2.24, 2.45) is 4.99 Å². The van der Waals surface area contributed by atoms with Crippen LogP contribution in [0.2, 0.25) is 0 Å². The summed E-state index contributed by atoms with van der Waals surface area (Å²) < 4.78 is 13.0. The predicted octanol–water partition coefficient (Wildman–Crippen LogP) is 3.37. The Labute approximate surface area is 117 Å². The molecule has 4 heteroatoms. The van der Waals surface area contributed by atoms with E-state index in [2.05, 4.69) is 10.3 Å². The van der Waals surface area contributed by atoms with Crippen LogP contribution in [0, 0.1) is 5.82 Å². The van der Waals surface area contributed by atoms with Gasteiger partial charge in [-0.15, -0.1) is 0 Å². The van der Waals surface area contributed by atoms with Crippen molar-refractivity contribution < 1.29 is 4.39 Å². The number of benzene rings is 1. The Morgan fingerprint density at radius 1 is 1.32 bits per heavy atom. The number of halogens is 1. The number of aliphatic imine (C=N–C) groups is 1. The lowest BCUT2D eigenvalue weighted by molar-refractivity contribution is 0.452. The largest absolute Gasteiger partial charge is 0.359 e. The zero-order chi connectivity index (χ0) is 13.1. The van der Waals surface area contributed by atoms with Crippen LogP contribution >= 0.6 is 11.8 Å². The van der Waals surface area contributed by atoms with Gasteiger partial charge in [0.05, 0.1) is 0 Å². The second-order valence-corrected chi connectivity index (χ2v) is 6.43. The van der Waals surface area contributed by atoms with Gasteiger partial charge in [0.25, 0.3) is 0 Å². The number of nitrogens with zero attached hydrogens (tertiary/aromatic N) is 1. The first kappa shape index (κ1) is 13.0. The van der Waals surface area contributed by atoms with Gasteiger partial charge < -0.3 is 5.32 Å². The molecule has 2 aliphatic rings. The Morgan fingerprint density at radius 2 is 2.16 bits per heavy atom. The summed E-state index contributed by atoms with van der Waals surface area (Å²) in [5.41, 5.74) is 1.35. The number of rotatable bonds is 3. The molecule has 1 saturated heterocycles. The third kappa shape index (κ3) is 3.11. The Hall–Kier alpha value is -1.03. The maximum absolute atomic E-state index is 13.0. The molecule has 0 aromatic heterocycles. The molecule has 1 aliphatic heterocycles. The van der Waals surface area contributed by atoms with Crippen LogP contribution in [-0.2, 0) is 6.42 Å². The van der Waals surface area contributed by atoms with Crippen molar-refractivity contribution in [1.29, 1.82) is 0 Å². The van der Waals surface area contributed by atoms with E-state index in [1.165, 1.54) is 31.7 Å². The molecule has 0 bridgehead atoms. The van der Waals surface area contributed by atoms with Gasteiger partial charge in [0, 0.05) is 17.8 Å². The Bertz CT molecular complexity index is 481. The molecular weight excluding hydrogens is 259 g/mol. The quantitative estimate of drug-likeness (QED) is 0.916. The molecule has 2 fully saturated rings. The fourth-order valence-corrected chi connectivity index (χ4v) is 4.14. The summed E-state index contributed by atoms with van der Waals surface area (Å²) in [5, 5.41) is 4.68. The Kier molecular flexibility index (Phi) is 3.78. The first-order valence-electron chi connectivity index (χ1n) is 6.96. The highest BCUT2D eigenvalue weighted by Gasteiger charge is 2.39. The lowest BCUT2D eigenvalue weighted by Gasteiger charge is -2.21. The van der Waals surface area contributed by atoms with Gasteiger partial charge in [-0.2, -0.15) is 0 Å². The predicted molar refractivity (Wildman–Crippen MR) is 79.2 cm³/mol. The fraction of sp³-hybridized carbons (Fsp3) is 0.533. The van der Waals surface area contributed by atoms with Crippen molar-refractivity contribution in [1.82, 2.24) is 5.32 Å². The van der Waals surface area contributed by atoms with E-state index in [1.54, 1.807) is 12.1 Å². The van der Waals surface area contributed by atoms with Crippen LogP contribution in [0.3, 0.4) is 0 Å². The molecule has 19 heavy (non-hydrogen) atoms. The summed E-state index contributed by atoms with van der Waals surface area (Å²) in [4.78, 5) is 4.61. The van der Waals surface area contributed by atoms with E-state index in [4.69, 9.17) is 0 Å². The minimum Gasteiger partial charge on any atom is -0.359 e. The van der Waals surface area contributed by atoms with Gasteiger partial charge >= 0.3 is 0 Å². The summed E-state index contributed by atoms with van der Waals surface area (Å²) in [6.45, 7) is 0.731. The highest BCUT2D eigenvalue weighted by atomic mass is 32.2. The summed E-state index contributed by atoms with van der Waals surface area (Å²) >= 11 is 1.84. The van der Waals surface area contributed by atoms with Crippen molar-refractivity contribution in [2.45, 2.75) is 37.6 Å². The van der Waals surface area contributed by atoms with Crippen LogP contribution in [0.15, 0.2) is 29.3 Å². The topological polar surface area (TPSA) is 24.4 Å². The van der Waals surface area contributed by atoms with E-state index in [0.717, 1.165) is 29.4 Å². The van der Waals surface area contributed by atoms with Gasteiger partial charge in [-0.25, -0.2) is 4.39 Å². The zero-order valence-corrected chi connectivity index (χ0v) is 11.8. The molecule has 1 aromatic rings. The number of nitrogens with one attached hydrogen (secondary N) is 1. The minimum absolute atomic E-state index is 0.163. The Morgan fingerprint density at radius 3 is 2.95 bits per heavy atom. The third-order valence-electron chi connectivity index (χ3n) is 3.96. The van der Waals surface area contributed by atoms with Crippen molar-refractivity contribution >= 4 is 16.9 Å². The molecule has 0 atom stereocenters. The molecule has 0 unspecified atom stereocenters. The fourth-order valence-electron chi connectivity index (χ4n) is 2.89. The van der Waals surface area contributed by atoms with Crippen LogP contribution in [0.4, 0.5) is 4.39 Å². The van der Waals surface area contributed by atoms with E-state index in [9.17, 15) is 4.39 Å². The van der Waals surface area contributed by atoms with Gasteiger partial charge in [-0.05, 0) is 37.0 Å². The SMILES string of the molecule is Fc1cccc(CCN=C2NC3(CCCC3)CS2)c1. The highest BCUT2D eigenvalue weighted by molar-refractivity contribution is 8.14. The van der Waals surface area contributed by atoms with Gasteiger partial charge in [0.1, 0.15) is 5.82 Å². The van der Waals surface area contributed by atoms with Crippen LogP contribution in [0.25, 0.3) is 0 Å². The number of amidine groups is 1. The number of hydrogen-bond donors (Lipinski definition) is 1. The normalized spacial score (nSPS) is 23.1. The highest BCUT2D eigenvalue weighted by Crippen LogP contribution is 2.37. The van der Waals surface area contributed by atoms with E-state index in [-0.39, 0.29) is 5.82 Å². The molecule has 102 valence electrons. The minimum atomic E-state index is -0.163. The second-order valence-electron chi connectivity index (χ2n) is 5.47. The maximum Gasteiger partial charge on any atom is 0.157 e. The van der Waals surface area contributed by atoms with E-state index >= 15 is 0 Å². The molecule has 2 nitrogen and oxygen atoms in total. The molecule has 1 aromatic carbocycles. The number of hydrogen-bond acceptors (Lipinski definition) is 2. The molecular formula is C15H19FN2S. The van der Waals surface area contributed by atoms with Gasteiger partial charge in [0.2, 0.25) is 0 Å². The van der Waals surface area contributed by atoms with Gasteiger partial charge in [-0.1, -0.05) is 36.7 Å². The molecule has 0 amide bonds. The lowest BCUT2D eigenvalue weighted by atomic mass is 10.0. The molecule has 0 radical (unpaired) electrons. The van der Waals surface area contributed by atoms with Crippen LogP contribution in [0.1, 0.15) is 31.2 Å². The van der Waals surface area contributed by atoms with E-state index in [1.807, 2.05) is 17.8 Å². The van der Waals surface area contributed by atoms with Gasteiger partial charge in [0.15, 0.2) is 5.17 Å². The van der Waals surface area contributed by atoms with Crippen LogP contribution in [-0.4, -0.2) is 23.0 Å². The average Bonchev–Trinajstić information content (AvgIpc) is 3.01. The number of thioether (sulfide) groups is 1. The van der Waals surface area contributed by atoms with Crippen molar-refractivity contribution in [2.75, 3.05) is 12.3 Å².